The second-order valence-corrected chi connectivity index (χ2v) is 5.09. The van der Waals surface area contributed by atoms with Gasteiger partial charge in [0, 0.05) is 13.2 Å². The molecule has 21 heavy (non-hydrogen) atoms. The topological polar surface area (TPSA) is 75.6 Å². The molecule has 1 saturated heterocycles. The van der Waals surface area contributed by atoms with E-state index in [4.69, 9.17) is 4.74 Å². The number of carbonyl (C=O) groups is 2. The third-order valence-corrected chi connectivity index (χ3v) is 3.51. The smallest absolute Gasteiger partial charge is 0.312 e. The van der Waals surface area contributed by atoms with Gasteiger partial charge in [-0.3, -0.25) is 9.59 Å². The maximum atomic E-state index is 12.9. The molecule has 0 saturated carbocycles. The van der Waals surface area contributed by atoms with E-state index in [0.717, 1.165) is 12.8 Å². The van der Waals surface area contributed by atoms with Crippen LogP contribution in [0.15, 0.2) is 24.3 Å². The van der Waals surface area contributed by atoms with Crippen LogP contribution in [0.5, 0.6) is 0 Å². The predicted octanol–water partition coefficient (Wildman–Crippen LogP) is 1.68. The van der Waals surface area contributed by atoms with E-state index in [0.29, 0.717) is 12.2 Å². The lowest BCUT2D eigenvalue weighted by Crippen LogP contribution is -2.33. The molecule has 2 atom stereocenters. The molecule has 1 amide bonds. The number of hydrogen-bond acceptors (Lipinski definition) is 3. The molecule has 114 valence electrons. The number of nitrogens with one attached hydrogen (secondary N) is 1. The highest BCUT2D eigenvalue weighted by Crippen LogP contribution is 2.17. The molecule has 1 fully saturated rings. The summed E-state index contributed by atoms with van der Waals surface area (Å²) in [5, 5.41) is 11.8. The first-order chi connectivity index (χ1) is 10.1. The van der Waals surface area contributed by atoms with E-state index in [1.165, 1.54) is 24.3 Å². The Bertz CT molecular complexity index is 497. The number of carboxylic acids is 1. The Labute approximate surface area is 122 Å². The van der Waals surface area contributed by atoms with Gasteiger partial charge < -0.3 is 15.2 Å². The van der Waals surface area contributed by atoms with E-state index in [2.05, 4.69) is 5.32 Å². The Hall–Kier alpha value is -1.95. The SMILES string of the molecule is O=C(CC1CCCO1)NCC(C(=O)O)c1ccc(F)cc1. The average Bonchev–Trinajstić information content (AvgIpc) is 2.93. The van der Waals surface area contributed by atoms with Gasteiger partial charge in [-0.2, -0.15) is 0 Å². The number of carbonyl (C=O) groups excluding carboxylic acids is 1. The van der Waals surface area contributed by atoms with Crippen molar-refractivity contribution in [3.8, 4) is 0 Å². The summed E-state index contributed by atoms with van der Waals surface area (Å²) in [6.07, 6.45) is 1.98. The highest BCUT2D eigenvalue weighted by atomic mass is 19.1. The minimum atomic E-state index is -1.06. The molecule has 2 unspecified atom stereocenters. The van der Waals surface area contributed by atoms with E-state index in [-0.39, 0.29) is 25.0 Å². The molecule has 1 aliphatic rings. The van der Waals surface area contributed by atoms with Gasteiger partial charge in [0.1, 0.15) is 5.82 Å². The van der Waals surface area contributed by atoms with Gasteiger partial charge in [0.15, 0.2) is 0 Å². The Morgan fingerprint density at radius 1 is 1.38 bits per heavy atom. The maximum absolute atomic E-state index is 12.9. The Balaban J connectivity index is 1.89. The lowest BCUT2D eigenvalue weighted by Gasteiger charge is -2.15. The summed E-state index contributed by atoms with van der Waals surface area (Å²) in [6, 6.07) is 5.25. The molecule has 0 radical (unpaired) electrons. The standard InChI is InChI=1S/C15H18FNO4/c16-11-5-3-10(4-6-11)13(15(19)20)9-17-14(18)8-12-2-1-7-21-12/h3-6,12-13H,1-2,7-9H2,(H,17,18)(H,19,20). The van der Waals surface area contributed by atoms with Crippen LogP contribution in [0.2, 0.25) is 0 Å². The second kappa shape index (κ2) is 7.17. The van der Waals surface area contributed by atoms with Gasteiger partial charge in [0.2, 0.25) is 5.91 Å². The van der Waals surface area contributed by atoms with Crippen molar-refractivity contribution in [2.45, 2.75) is 31.3 Å². The van der Waals surface area contributed by atoms with Gasteiger partial charge in [0.05, 0.1) is 18.4 Å². The van der Waals surface area contributed by atoms with Crippen molar-refractivity contribution in [1.29, 1.82) is 0 Å². The Kier molecular flexibility index (Phi) is 5.27. The fourth-order valence-corrected chi connectivity index (χ4v) is 2.34. The summed E-state index contributed by atoms with van der Waals surface area (Å²) in [7, 11) is 0. The molecule has 1 aromatic rings. The van der Waals surface area contributed by atoms with Crippen molar-refractivity contribution in [3.63, 3.8) is 0 Å². The van der Waals surface area contributed by atoms with Crippen LogP contribution in [0.1, 0.15) is 30.7 Å². The van der Waals surface area contributed by atoms with Crippen molar-refractivity contribution >= 4 is 11.9 Å². The molecule has 2 rings (SSSR count). The van der Waals surface area contributed by atoms with Crippen molar-refractivity contribution in [2.75, 3.05) is 13.2 Å². The van der Waals surface area contributed by atoms with Crippen LogP contribution in [0.25, 0.3) is 0 Å². The van der Waals surface area contributed by atoms with E-state index in [1.807, 2.05) is 0 Å². The number of carboxylic acid groups (broad SMARTS) is 1. The van der Waals surface area contributed by atoms with Gasteiger partial charge in [-0.15, -0.1) is 0 Å². The molecule has 2 N–H and O–H groups in total. The molecule has 0 spiro atoms. The summed E-state index contributed by atoms with van der Waals surface area (Å²) in [5.41, 5.74) is 0.460. The van der Waals surface area contributed by atoms with Crippen LogP contribution in [0.4, 0.5) is 4.39 Å². The maximum Gasteiger partial charge on any atom is 0.312 e. The van der Waals surface area contributed by atoms with E-state index in [1.54, 1.807) is 0 Å². The minimum Gasteiger partial charge on any atom is -0.481 e. The van der Waals surface area contributed by atoms with Crippen LogP contribution in [-0.2, 0) is 14.3 Å². The summed E-state index contributed by atoms with van der Waals surface area (Å²) < 4.78 is 18.2. The van der Waals surface area contributed by atoms with E-state index in [9.17, 15) is 19.1 Å². The van der Waals surface area contributed by atoms with Gasteiger partial charge in [-0.05, 0) is 30.5 Å². The zero-order valence-electron chi connectivity index (χ0n) is 11.5. The molecule has 1 aromatic carbocycles. The molecule has 0 aromatic heterocycles. The summed E-state index contributed by atoms with van der Waals surface area (Å²) in [6.45, 7) is 0.651. The molecule has 0 bridgehead atoms. The number of aliphatic carboxylic acids is 1. The fraction of sp³-hybridized carbons (Fsp3) is 0.467. The lowest BCUT2D eigenvalue weighted by atomic mass is 9.99. The number of rotatable bonds is 6. The number of halogens is 1. The third-order valence-electron chi connectivity index (χ3n) is 3.51. The molecule has 1 aliphatic heterocycles. The first-order valence-electron chi connectivity index (χ1n) is 6.93. The zero-order chi connectivity index (χ0) is 15.2. The van der Waals surface area contributed by atoms with Gasteiger partial charge in [0.25, 0.3) is 0 Å². The molecule has 6 heteroatoms. The van der Waals surface area contributed by atoms with Crippen molar-refractivity contribution in [3.05, 3.63) is 35.6 Å². The summed E-state index contributed by atoms with van der Waals surface area (Å²) >= 11 is 0. The van der Waals surface area contributed by atoms with Crippen LogP contribution in [0.3, 0.4) is 0 Å². The number of amides is 1. The van der Waals surface area contributed by atoms with Gasteiger partial charge >= 0.3 is 5.97 Å². The zero-order valence-corrected chi connectivity index (χ0v) is 11.5. The lowest BCUT2D eigenvalue weighted by molar-refractivity contribution is -0.138. The third kappa shape index (κ3) is 4.53. The van der Waals surface area contributed by atoms with Crippen LogP contribution in [-0.4, -0.2) is 36.2 Å². The highest BCUT2D eigenvalue weighted by molar-refractivity contribution is 5.80. The number of hydrogen-bond donors (Lipinski definition) is 2. The van der Waals surface area contributed by atoms with Crippen LogP contribution < -0.4 is 5.32 Å². The van der Waals surface area contributed by atoms with Crippen molar-refractivity contribution in [2.24, 2.45) is 0 Å². The van der Waals surface area contributed by atoms with Crippen molar-refractivity contribution < 1.29 is 23.8 Å². The Morgan fingerprint density at radius 3 is 2.67 bits per heavy atom. The molecular weight excluding hydrogens is 277 g/mol. The normalized spacial score (nSPS) is 19.2. The second-order valence-electron chi connectivity index (χ2n) is 5.09. The first-order valence-corrected chi connectivity index (χ1v) is 6.93. The fourth-order valence-electron chi connectivity index (χ4n) is 2.34. The highest BCUT2D eigenvalue weighted by Gasteiger charge is 2.23. The molecule has 0 aliphatic carbocycles. The monoisotopic (exact) mass is 295 g/mol. The Morgan fingerprint density at radius 2 is 2.10 bits per heavy atom. The molecule has 5 nitrogen and oxygen atoms in total. The first kappa shape index (κ1) is 15.4. The van der Waals surface area contributed by atoms with Gasteiger partial charge in [-0.25, -0.2) is 4.39 Å². The largest absolute Gasteiger partial charge is 0.481 e. The van der Waals surface area contributed by atoms with E-state index >= 15 is 0 Å². The van der Waals surface area contributed by atoms with Crippen LogP contribution >= 0.6 is 0 Å². The molecule has 1 heterocycles. The average molecular weight is 295 g/mol. The summed E-state index contributed by atoms with van der Waals surface area (Å²) in [4.78, 5) is 23.0. The number of ether oxygens (including phenoxy) is 1. The minimum absolute atomic E-state index is 0.0213. The van der Waals surface area contributed by atoms with E-state index < -0.39 is 17.7 Å². The van der Waals surface area contributed by atoms with Gasteiger partial charge in [-0.1, -0.05) is 12.1 Å². The van der Waals surface area contributed by atoms with Crippen LogP contribution in [0, 0.1) is 5.82 Å². The summed E-state index contributed by atoms with van der Waals surface area (Å²) in [5.74, 6) is -2.60. The van der Waals surface area contributed by atoms with Crippen molar-refractivity contribution in [1.82, 2.24) is 5.32 Å². The predicted molar refractivity (Wildman–Crippen MR) is 73.4 cm³/mol. The quantitative estimate of drug-likeness (QED) is 0.837. The number of benzene rings is 1. The molecular formula is C15H18FNO4.